The second kappa shape index (κ2) is 30.6. The molecule has 0 aromatic heterocycles. The highest BCUT2D eigenvalue weighted by Gasteiger charge is 2.14. The number of guanidine groups is 4. The van der Waals surface area contributed by atoms with E-state index in [0.717, 1.165) is 51.9 Å². The number of hydrogen-bond donors (Lipinski definition) is 8. The Morgan fingerprint density at radius 1 is 0.367 bits per heavy atom. The zero-order valence-electron chi connectivity index (χ0n) is 35.2. The fourth-order valence-corrected chi connectivity index (χ4v) is 6.93. The Bertz CT molecular complexity index is 1590. The summed E-state index contributed by atoms with van der Waals surface area (Å²) in [6, 6.07) is 42.0. The highest BCUT2D eigenvalue weighted by Crippen LogP contribution is 2.29. The molecular weight excluding hydrogens is 768 g/mol. The Labute approximate surface area is 364 Å². The summed E-state index contributed by atoms with van der Waals surface area (Å²) >= 11 is 0. The number of unbranched alkanes of at least 4 members (excludes halogenated alkanes) is 4. The maximum absolute atomic E-state index is 6.10. The van der Waals surface area contributed by atoms with Crippen LogP contribution in [0.4, 0.5) is 0 Å². The number of nitrogens with two attached hydrogens (primary N) is 4. The van der Waals surface area contributed by atoms with Crippen LogP contribution in [0.3, 0.4) is 0 Å². The molecule has 0 atom stereocenters. The van der Waals surface area contributed by atoms with Gasteiger partial charge in [0.1, 0.15) is 0 Å². The molecule has 4 aromatic carbocycles. The standard InChI is InChI=1S/C47H68N12.ClH/c48-44(58-46(50)56-36-28-42(38-20-8-4-9-21-38)39-22-10-5-11-23-39)54-34-18-32-52-30-16-2-1-3-17-31-53-33-19-35-55-45(49)59-47(51)57-37-29-43(40-24-12-6-13-25-40)41-26-14-7-15-27-41;/h4-15,20-27,42-43,52-53H,1-3,16-19,28-37H2,(H5,48,50,54,56,58)(H5,49,51,55,57,59);1H. The Morgan fingerprint density at radius 3 is 0.950 bits per heavy atom. The van der Waals surface area contributed by atoms with E-state index in [1.807, 2.05) is 24.3 Å². The molecule has 0 saturated heterocycles. The summed E-state index contributed by atoms with van der Waals surface area (Å²) in [4.78, 5) is 17.8. The normalized spacial score (nSPS) is 12.4. The lowest BCUT2D eigenvalue weighted by molar-refractivity contribution is 0.550. The Kier molecular flexibility index (Phi) is 24.9. The van der Waals surface area contributed by atoms with E-state index in [4.69, 9.17) is 22.9 Å². The molecule has 12 N–H and O–H groups in total. The maximum atomic E-state index is 6.10. The van der Waals surface area contributed by atoms with Crippen molar-refractivity contribution >= 4 is 36.2 Å². The van der Waals surface area contributed by atoms with Crippen LogP contribution in [0, 0.1) is 0 Å². The van der Waals surface area contributed by atoms with Crippen LogP contribution in [0.25, 0.3) is 0 Å². The van der Waals surface area contributed by atoms with E-state index < -0.39 is 0 Å². The molecule has 4 rings (SSSR count). The van der Waals surface area contributed by atoms with Crippen molar-refractivity contribution in [1.82, 2.24) is 21.3 Å². The van der Waals surface area contributed by atoms with Gasteiger partial charge in [-0.05, 0) is 87.0 Å². The number of halogens is 1. The van der Waals surface area contributed by atoms with Crippen molar-refractivity contribution in [3.05, 3.63) is 144 Å². The first-order chi connectivity index (χ1) is 29.0. The first kappa shape index (κ1) is 48.9. The monoisotopic (exact) mass is 837 g/mol. The molecule has 12 nitrogen and oxygen atoms in total. The second-order valence-corrected chi connectivity index (χ2v) is 14.6. The van der Waals surface area contributed by atoms with Crippen molar-refractivity contribution < 1.29 is 0 Å². The molecule has 4 aromatic rings. The van der Waals surface area contributed by atoms with Crippen LogP contribution in [0.1, 0.15) is 91.9 Å². The molecule has 0 bridgehead atoms. The van der Waals surface area contributed by atoms with Crippen LogP contribution in [0.15, 0.2) is 141 Å². The van der Waals surface area contributed by atoms with E-state index in [9.17, 15) is 0 Å². The third-order valence-electron chi connectivity index (χ3n) is 10.0. The highest BCUT2D eigenvalue weighted by molar-refractivity contribution is 5.97. The Hall–Kier alpha value is -5.43. The van der Waals surface area contributed by atoms with Gasteiger partial charge < -0.3 is 33.6 Å². The molecule has 60 heavy (non-hydrogen) atoms. The van der Waals surface area contributed by atoms with Gasteiger partial charge in [-0.2, -0.15) is 0 Å². The zero-order valence-corrected chi connectivity index (χ0v) is 36.0. The minimum Gasteiger partial charge on any atom is -0.370 e. The lowest BCUT2D eigenvalue weighted by Crippen LogP contribution is -2.42. The highest BCUT2D eigenvalue weighted by atomic mass is 35.5. The zero-order chi connectivity index (χ0) is 41.6. The van der Waals surface area contributed by atoms with Crippen LogP contribution in [-0.2, 0) is 0 Å². The number of aliphatic imine (C=N–C) groups is 4. The van der Waals surface area contributed by atoms with Gasteiger partial charge in [0.05, 0.1) is 0 Å². The third-order valence-corrected chi connectivity index (χ3v) is 10.0. The summed E-state index contributed by atoms with van der Waals surface area (Å²) in [6.07, 6.45) is 9.54. The maximum Gasteiger partial charge on any atom is 0.195 e. The van der Waals surface area contributed by atoms with Crippen molar-refractivity contribution in [2.24, 2.45) is 42.9 Å². The van der Waals surface area contributed by atoms with Crippen molar-refractivity contribution in [3.63, 3.8) is 0 Å². The lowest BCUT2D eigenvalue weighted by atomic mass is 9.89. The van der Waals surface area contributed by atoms with Crippen molar-refractivity contribution in [2.45, 2.75) is 69.6 Å². The number of nitrogens with zero attached hydrogens (tertiary/aromatic N) is 4. The van der Waals surface area contributed by atoms with Gasteiger partial charge >= 0.3 is 0 Å². The van der Waals surface area contributed by atoms with Crippen LogP contribution in [0.2, 0.25) is 0 Å². The molecule has 0 amide bonds. The first-order valence-electron chi connectivity index (χ1n) is 21.3. The lowest BCUT2D eigenvalue weighted by Gasteiger charge is -2.17. The van der Waals surface area contributed by atoms with Gasteiger partial charge in [-0.1, -0.05) is 141 Å². The smallest absolute Gasteiger partial charge is 0.195 e. The summed E-state index contributed by atoms with van der Waals surface area (Å²) in [6.45, 7) is 6.25. The fraction of sp³-hybridized carbons (Fsp3) is 0.404. The summed E-state index contributed by atoms with van der Waals surface area (Å²) in [5.41, 5.74) is 29.4. The minimum atomic E-state index is 0. The molecule has 0 fully saturated rings. The molecule has 0 aliphatic heterocycles. The molecule has 0 aliphatic carbocycles. The van der Waals surface area contributed by atoms with Crippen molar-refractivity contribution in [1.29, 1.82) is 0 Å². The minimum absolute atomic E-state index is 0. The predicted octanol–water partition coefficient (Wildman–Crippen LogP) is 6.20. The molecule has 0 radical (unpaired) electrons. The van der Waals surface area contributed by atoms with E-state index in [2.05, 4.69) is 138 Å². The summed E-state index contributed by atoms with van der Waals surface area (Å²) in [7, 11) is 0. The van der Waals surface area contributed by atoms with Gasteiger partial charge in [-0.15, -0.1) is 12.4 Å². The average Bonchev–Trinajstić information content (AvgIpc) is 3.26. The van der Waals surface area contributed by atoms with E-state index in [1.165, 1.54) is 54.4 Å². The van der Waals surface area contributed by atoms with Gasteiger partial charge in [0.25, 0.3) is 0 Å². The van der Waals surface area contributed by atoms with Gasteiger partial charge in [-0.3, -0.25) is 30.6 Å². The molecule has 0 unspecified atom stereocenters. The molecule has 0 saturated carbocycles. The van der Waals surface area contributed by atoms with E-state index in [1.54, 1.807) is 0 Å². The van der Waals surface area contributed by atoms with Gasteiger partial charge in [-0.25, -0.2) is 0 Å². The quantitative estimate of drug-likeness (QED) is 0.0208. The van der Waals surface area contributed by atoms with Gasteiger partial charge in [0.15, 0.2) is 23.8 Å². The van der Waals surface area contributed by atoms with Crippen molar-refractivity contribution in [2.75, 3.05) is 52.4 Å². The molecule has 13 heteroatoms. The largest absolute Gasteiger partial charge is 0.370 e. The van der Waals surface area contributed by atoms with Crippen LogP contribution >= 0.6 is 12.4 Å². The van der Waals surface area contributed by atoms with E-state index in [-0.39, 0.29) is 36.2 Å². The van der Waals surface area contributed by atoms with E-state index >= 15 is 0 Å². The summed E-state index contributed by atoms with van der Waals surface area (Å²) in [5, 5.41) is 12.9. The summed E-state index contributed by atoms with van der Waals surface area (Å²) < 4.78 is 0. The van der Waals surface area contributed by atoms with Gasteiger partial charge in [0, 0.05) is 38.0 Å². The van der Waals surface area contributed by atoms with Crippen LogP contribution in [-0.4, -0.2) is 76.2 Å². The van der Waals surface area contributed by atoms with Gasteiger partial charge in [0.2, 0.25) is 0 Å². The molecule has 0 spiro atoms. The van der Waals surface area contributed by atoms with E-state index in [0.29, 0.717) is 38.1 Å². The second-order valence-electron chi connectivity index (χ2n) is 14.6. The summed E-state index contributed by atoms with van der Waals surface area (Å²) in [5.74, 6) is 1.66. The number of rotatable bonds is 26. The molecular formula is C47H69ClN12. The third kappa shape index (κ3) is 20.5. The fourth-order valence-electron chi connectivity index (χ4n) is 6.93. The number of nitrogens with one attached hydrogen (secondary N) is 4. The molecule has 0 heterocycles. The molecule has 0 aliphatic rings. The Morgan fingerprint density at radius 2 is 0.633 bits per heavy atom. The topological polar surface area (TPSA) is 202 Å². The molecule has 324 valence electrons. The average molecular weight is 838 g/mol. The predicted molar refractivity (Wildman–Crippen MR) is 256 cm³/mol. The Balaban J connectivity index is 0.00000961. The first-order valence-corrected chi connectivity index (χ1v) is 21.3. The number of hydrogen-bond acceptors (Lipinski definition) is 6. The SMILES string of the molecule is Cl.NC(=NCCCNCCCCCCCNCCCN=C(N)NC(N)=NCCC(c1ccccc1)c1ccccc1)NC(N)=NCCC(c1ccccc1)c1ccccc1. The van der Waals surface area contributed by atoms with Crippen LogP contribution in [0.5, 0.6) is 0 Å². The van der Waals surface area contributed by atoms with Crippen molar-refractivity contribution in [3.8, 4) is 0 Å². The number of benzene rings is 4. The van der Waals surface area contributed by atoms with Crippen LogP contribution < -0.4 is 44.2 Å².